The number of anilines is 3. The van der Waals surface area contributed by atoms with E-state index in [1.807, 2.05) is 6.07 Å². The summed E-state index contributed by atoms with van der Waals surface area (Å²) >= 11 is 1.20. The largest absolute Gasteiger partial charge is 0.360 e. The fraction of sp³-hybridized carbons (Fsp3) is 0.333. The zero-order chi connectivity index (χ0) is 19.2. The quantitative estimate of drug-likeness (QED) is 0.755. The first kappa shape index (κ1) is 19.0. The second kappa shape index (κ2) is 8.72. The normalized spacial score (nSPS) is 13.7. The highest BCUT2D eigenvalue weighted by Gasteiger charge is 2.21. The number of rotatable bonds is 7. The maximum absolute atomic E-state index is 12.1. The van der Waals surface area contributed by atoms with Crippen molar-refractivity contribution >= 4 is 46.7 Å². The number of hydrogen-bond donors (Lipinski definition) is 2. The standard InChI is InChI=1S/C18H20N4O4S/c1-12-8-15(21-26-12)20-17(24)11-27-10-16(23)19-13-4-2-5-14(9-13)22-7-3-6-18(22)25/h2,4-5,8-9H,3,6-7,10-11H2,1H3,(H,19,23)(H,20,21,24). The average Bonchev–Trinajstić information content (AvgIpc) is 3.23. The highest BCUT2D eigenvalue weighted by Crippen LogP contribution is 2.24. The summed E-state index contributed by atoms with van der Waals surface area (Å²) in [4.78, 5) is 37.4. The third-order valence-electron chi connectivity index (χ3n) is 3.88. The highest BCUT2D eigenvalue weighted by molar-refractivity contribution is 8.00. The Morgan fingerprint density at radius 2 is 2.00 bits per heavy atom. The molecule has 1 aliphatic heterocycles. The van der Waals surface area contributed by atoms with Crippen LogP contribution in [0, 0.1) is 6.92 Å². The summed E-state index contributed by atoms with van der Waals surface area (Å²) in [6.45, 7) is 2.43. The predicted molar refractivity (Wildman–Crippen MR) is 104 cm³/mol. The van der Waals surface area contributed by atoms with Crippen molar-refractivity contribution in [1.82, 2.24) is 5.16 Å². The Bertz CT molecular complexity index is 851. The third-order valence-corrected chi connectivity index (χ3v) is 4.81. The molecule has 1 aromatic heterocycles. The minimum Gasteiger partial charge on any atom is -0.360 e. The summed E-state index contributed by atoms with van der Waals surface area (Å²) < 4.78 is 4.87. The van der Waals surface area contributed by atoms with E-state index >= 15 is 0 Å². The molecule has 27 heavy (non-hydrogen) atoms. The summed E-state index contributed by atoms with van der Waals surface area (Å²) in [7, 11) is 0. The van der Waals surface area contributed by atoms with Gasteiger partial charge in [0.25, 0.3) is 0 Å². The Morgan fingerprint density at radius 3 is 2.67 bits per heavy atom. The van der Waals surface area contributed by atoms with E-state index in [0.29, 0.717) is 30.2 Å². The highest BCUT2D eigenvalue weighted by atomic mass is 32.2. The second-order valence-electron chi connectivity index (χ2n) is 6.11. The Hall–Kier alpha value is -2.81. The van der Waals surface area contributed by atoms with Gasteiger partial charge in [0.1, 0.15) is 5.76 Å². The lowest BCUT2D eigenvalue weighted by Crippen LogP contribution is -2.24. The molecule has 142 valence electrons. The zero-order valence-electron chi connectivity index (χ0n) is 14.9. The lowest BCUT2D eigenvalue weighted by Gasteiger charge is -2.16. The maximum Gasteiger partial charge on any atom is 0.235 e. The number of carbonyl (C=O) groups excluding carboxylic acids is 3. The number of aromatic nitrogens is 1. The number of nitrogens with zero attached hydrogens (tertiary/aromatic N) is 2. The first-order valence-electron chi connectivity index (χ1n) is 8.52. The minimum absolute atomic E-state index is 0.0994. The van der Waals surface area contributed by atoms with Crippen LogP contribution >= 0.6 is 11.8 Å². The molecule has 0 bridgehead atoms. The van der Waals surface area contributed by atoms with Gasteiger partial charge in [-0.05, 0) is 31.5 Å². The van der Waals surface area contributed by atoms with Gasteiger partial charge in [0.15, 0.2) is 5.82 Å². The lowest BCUT2D eigenvalue weighted by atomic mass is 10.2. The van der Waals surface area contributed by atoms with Gasteiger partial charge < -0.3 is 20.1 Å². The molecule has 0 radical (unpaired) electrons. The second-order valence-corrected chi connectivity index (χ2v) is 7.10. The number of carbonyl (C=O) groups is 3. The Morgan fingerprint density at radius 1 is 1.22 bits per heavy atom. The van der Waals surface area contributed by atoms with Crippen molar-refractivity contribution in [2.45, 2.75) is 19.8 Å². The molecule has 3 amide bonds. The molecule has 9 heteroatoms. The van der Waals surface area contributed by atoms with Crippen LogP contribution in [0.15, 0.2) is 34.9 Å². The molecule has 0 aliphatic carbocycles. The van der Waals surface area contributed by atoms with E-state index in [2.05, 4.69) is 15.8 Å². The first-order chi connectivity index (χ1) is 13.0. The van der Waals surface area contributed by atoms with Crippen LogP contribution in [-0.2, 0) is 14.4 Å². The van der Waals surface area contributed by atoms with E-state index in [4.69, 9.17) is 4.52 Å². The lowest BCUT2D eigenvalue weighted by molar-refractivity contribution is -0.117. The van der Waals surface area contributed by atoms with Gasteiger partial charge in [-0.2, -0.15) is 0 Å². The van der Waals surface area contributed by atoms with Crippen LogP contribution in [-0.4, -0.2) is 40.9 Å². The molecule has 0 unspecified atom stereocenters. The van der Waals surface area contributed by atoms with E-state index in [9.17, 15) is 14.4 Å². The van der Waals surface area contributed by atoms with E-state index in [1.54, 1.807) is 36.1 Å². The van der Waals surface area contributed by atoms with Crippen molar-refractivity contribution in [2.75, 3.05) is 33.6 Å². The van der Waals surface area contributed by atoms with E-state index in [-0.39, 0.29) is 29.2 Å². The van der Waals surface area contributed by atoms with Crippen LogP contribution in [0.5, 0.6) is 0 Å². The molecule has 2 heterocycles. The molecule has 2 N–H and O–H groups in total. The summed E-state index contributed by atoms with van der Waals surface area (Å²) in [6.07, 6.45) is 1.41. The van der Waals surface area contributed by atoms with Crippen LogP contribution in [0.4, 0.5) is 17.2 Å². The zero-order valence-corrected chi connectivity index (χ0v) is 15.7. The van der Waals surface area contributed by atoms with Crippen LogP contribution in [0.3, 0.4) is 0 Å². The minimum atomic E-state index is -0.254. The van der Waals surface area contributed by atoms with Crippen molar-refractivity contribution in [2.24, 2.45) is 0 Å². The molecule has 3 rings (SSSR count). The number of thioether (sulfide) groups is 1. The van der Waals surface area contributed by atoms with E-state index in [1.165, 1.54) is 11.8 Å². The van der Waals surface area contributed by atoms with Crippen LogP contribution in [0.25, 0.3) is 0 Å². The average molecular weight is 388 g/mol. The Labute approximate surface area is 160 Å². The fourth-order valence-electron chi connectivity index (χ4n) is 2.71. The molecular weight excluding hydrogens is 368 g/mol. The topological polar surface area (TPSA) is 105 Å². The molecule has 2 aromatic rings. The Balaban J connectivity index is 1.44. The first-order valence-corrected chi connectivity index (χ1v) is 9.68. The van der Waals surface area contributed by atoms with Gasteiger partial charge in [-0.1, -0.05) is 11.2 Å². The van der Waals surface area contributed by atoms with E-state index < -0.39 is 0 Å². The number of aryl methyl sites for hydroxylation is 1. The van der Waals surface area contributed by atoms with Gasteiger partial charge in [-0.25, -0.2) is 0 Å². The monoisotopic (exact) mass is 388 g/mol. The van der Waals surface area contributed by atoms with Gasteiger partial charge in [-0.3, -0.25) is 14.4 Å². The van der Waals surface area contributed by atoms with Crippen molar-refractivity contribution in [3.05, 3.63) is 36.1 Å². The number of benzene rings is 1. The molecule has 0 saturated carbocycles. The molecule has 0 spiro atoms. The summed E-state index contributed by atoms with van der Waals surface area (Å²) in [6, 6.07) is 8.83. The Kier molecular flexibility index (Phi) is 6.12. The van der Waals surface area contributed by atoms with Gasteiger partial charge >= 0.3 is 0 Å². The molecule has 1 aromatic carbocycles. The van der Waals surface area contributed by atoms with Crippen molar-refractivity contribution in [1.29, 1.82) is 0 Å². The summed E-state index contributed by atoms with van der Waals surface area (Å²) in [5.74, 6) is 0.860. The van der Waals surface area contributed by atoms with Gasteiger partial charge in [0.05, 0.1) is 11.5 Å². The van der Waals surface area contributed by atoms with Crippen molar-refractivity contribution < 1.29 is 18.9 Å². The number of amides is 3. The predicted octanol–water partition coefficient (Wildman–Crippen LogP) is 2.42. The van der Waals surface area contributed by atoms with Crippen LogP contribution in [0.1, 0.15) is 18.6 Å². The van der Waals surface area contributed by atoms with Gasteiger partial charge in [-0.15, -0.1) is 11.8 Å². The van der Waals surface area contributed by atoms with Crippen LogP contribution < -0.4 is 15.5 Å². The smallest absolute Gasteiger partial charge is 0.235 e. The molecular formula is C18H20N4O4S. The fourth-order valence-corrected chi connectivity index (χ4v) is 3.33. The molecule has 8 nitrogen and oxygen atoms in total. The SMILES string of the molecule is Cc1cc(NC(=O)CSCC(=O)Nc2cccc(N3CCCC3=O)c2)no1. The molecule has 1 aliphatic rings. The maximum atomic E-state index is 12.1. The van der Waals surface area contributed by atoms with Gasteiger partial charge in [0, 0.05) is 30.4 Å². The molecule has 1 fully saturated rings. The third kappa shape index (κ3) is 5.33. The molecule has 1 saturated heterocycles. The van der Waals surface area contributed by atoms with Crippen LogP contribution in [0.2, 0.25) is 0 Å². The van der Waals surface area contributed by atoms with Crippen molar-refractivity contribution in [3.8, 4) is 0 Å². The molecule has 0 atom stereocenters. The van der Waals surface area contributed by atoms with Gasteiger partial charge in [0.2, 0.25) is 17.7 Å². The van der Waals surface area contributed by atoms with E-state index in [0.717, 1.165) is 12.1 Å². The number of nitrogens with one attached hydrogen (secondary N) is 2. The summed E-state index contributed by atoms with van der Waals surface area (Å²) in [5.41, 5.74) is 1.41. The van der Waals surface area contributed by atoms with Crippen molar-refractivity contribution in [3.63, 3.8) is 0 Å². The summed E-state index contributed by atoms with van der Waals surface area (Å²) in [5, 5.41) is 9.06. The number of hydrogen-bond acceptors (Lipinski definition) is 6.